The number of anilines is 1. The summed E-state index contributed by atoms with van der Waals surface area (Å²) >= 11 is 0. The Balaban J connectivity index is 2.76. The van der Waals surface area contributed by atoms with Crippen molar-refractivity contribution in [2.75, 3.05) is 19.0 Å². The number of carboxylic acid groups (broad SMARTS) is 1. The molecule has 0 bridgehead atoms. The average molecular weight is 264 g/mol. The largest absolute Gasteiger partial charge is 0.477 e. The Morgan fingerprint density at radius 3 is 2.53 bits per heavy atom. The van der Waals surface area contributed by atoms with Gasteiger partial charge in [0.2, 0.25) is 0 Å². The minimum atomic E-state index is -1.05. The van der Waals surface area contributed by atoms with E-state index in [0.717, 1.165) is 5.82 Å². The predicted molar refractivity (Wildman–Crippen MR) is 69.5 cm³/mol. The van der Waals surface area contributed by atoms with Gasteiger partial charge in [-0.15, -0.1) is 0 Å². The molecule has 2 aromatic heterocycles. The van der Waals surface area contributed by atoms with Crippen molar-refractivity contribution in [1.29, 1.82) is 0 Å². The maximum Gasteiger partial charge on any atom is 0.341 e. The van der Waals surface area contributed by atoms with Gasteiger partial charge in [-0.3, -0.25) is 4.68 Å². The van der Waals surface area contributed by atoms with Crippen LogP contribution < -0.4 is 4.90 Å². The van der Waals surface area contributed by atoms with Crippen LogP contribution in [0.3, 0.4) is 0 Å². The summed E-state index contributed by atoms with van der Waals surface area (Å²) in [6.45, 7) is 3.40. The zero-order valence-electron chi connectivity index (χ0n) is 11.6. The van der Waals surface area contributed by atoms with Gasteiger partial charge >= 0.3 is 5.97 Å². The van der Waals surface area contributed by atoms with E-state index in [4.69, 9.17) is 4.52 Å². The highest BCUT2D eigenvalue weighted by atomic mass is 16.5. The van der Waals surface area contributed by atoms with Gasteiger partial charge in [-0.2, -0.15) is 5.10 Å². The first kappa shape index (κ1) is 13.1. The molecule has 1 N–H and O–H groups in total. The zero-order chi connectivity index (χ0) is 14.3. The van der Waals surface area contributed by atoms with Crippen molar-refractivity contribution >= 4 is 11.8 Å². The molecule has 2 aromatic rings. The minimum absolute atomic E-state index is 0.0826. The smallest absolute Gasteiger partial charge is 0.341 e. The number of aromatic nitrogens is 3. The molecule has 0 amide bonds. The van der Waals surface area contributed by atoms with Crippen LogP contribution in [-0.2, 0) is 7.05 Å². The van der Waals surface area contributed by atoms with E-state index in [2.05, 4.69) is 10.3 Å². The SMILES string of the molecule is Cc1nn(C)c(N(C)C)c1-c1noc(C)c1C(=O)O. The van der Waals surface area contributed by atoms with Crippen molar-refractivity contribution in [3.8, 4) is 11.3 Å². The molecule has 7 heteroatoms. The zero-order valence-corrected chi connectivity index (χ0v) is 11.6. The fraction of sp³-hybridized carbons (Fsp3) is 0.417. The molecule has 102 valence electrons. The summed E-state index contributed by atoms with van der Waals surface area (Å²) in [7, 11) is 5.54. The number of aromatic carboxylic acids is 1. The lowest BCUT2D eigenvalue weighted by Gasteiger charge is -2.14. The summed E-state index contributed by atoms with van der Waals surface area (Å²) in [5.74, 6) is 0.0190. The van der Waals surface area contributed by atoms with Gasteiger partial charge in [-0.1, -0.05) is 5.16 Å². The maximum atomic E-state index is 11.3. The quantitative estimate of drug-likeness (QED) is 0.903. The molecule has 0 saturated carbocycles. The summed E-state index contributed by atoms with van der Waals surface area (Å²) in [6.07, 6.45) is 0. The second-order valence-electron chi connectivity index (χ2n) is 4.57. The highest BCUT2D eigenvalue weighted by Crippen LogP contribution is 2.35. The van der Waals surface area contributed by atoms with Crippen LogP contribution in [0.4, 0.5) is 5.82 Å². The van der Waals surface area contributed by atoms with E-state index in [1.807, 2.05) is 25.9 Å². The van der Waals surface area contributed by atoms with Gasteiger partial charge in [0.15, 0.2) is 0 Å². The van der Waals surface area contributed by atoms with Gasteiger partial charge in [-0.05, 0) is 13.8 Å². The number of hydrogen-bond acceptors (Lipinski definition) is 5. The summed E-state index contributed by atoms with van der Waals surface area (Å²) in [5, 5.41) is 17.5. The number of hydrogen-bond donors (Lipinski definition) is 1. The van der Waals surface area contributed by atoms with Crippen LogP contribution >= 0.6 is 0 Å². The van der Waals surface area contributed by atoms with Gasteiger partial charge in [0.25, 0.3) is 0 Å². The van der Waals surface area contributed by atoms with Crippen LogP contribution in [0.5, 0.6) is 0 Å². The Morgan fingerprint density at radius 1 is 1.37 bits per heavy atom. The molecule has 0 fully saturated rings. The fourth-order valence-corrected chi connectivity index (χ4v) is 2.23. The molecule has 0 spiro atoms. The van der Waals surface area contributed by atoms with Gasteiger partial charge in [0, 0.05) is 21.1 Å². The van der Waals surface area contributed by atoms with E-state index < -0.39 is 5.97 Å². The second-order valence-corrected chi connectivity index (χ2v) is 4.57. The van der Waals surface area contributed by atoms with Crippen molar-refractivity contribution in [2.24, 2.45) is 7.05 Å². The molecular formula is C12H16N4O3. The van der Waals surface area contributed by atoms with E-state index in [9.17, 15) is 9.90 Å². The summed E-state index contributed by atoms with van der Waals surface area (Å²) in [4.78, 5) is 13.2. The Morgan fingerprint density at radius 2 is 2.00 bits per heavy atom. The van der Waals surface area contributed by atoms with E-state index in [-0.39, 0.29) is 11.3 Å². The lowest BCUT2D eigenvalue weighted by atomic mass is 10.1. The van der Waals surface area contributed by atoms with Crippen LogP contribution in [0.15, 0.2) is 4.52 Å². The molecule has 7 nitrogen and oxygen atoms in total. The molecule has 0 radical (unpaired) electrons. The molecule has 0 atom stereocenters. The molecule has 2 heterocycles. The van der Waals surface area contributed by atoms with Gasteiger partial charge in [0.1, 0.15) is 22.8 Å². The standard InChI is InChI=1S/C12H16N4O3/c1-6-8(11(15(3)4)16(5)13-6)10-9(12(17)18)7(2)19-14-10/h1-5H3,(H,17,18). The van der Waals surface area contributed by atoms with E-state index in [1.165, 1.54) is 0 Å². The highest BCUT2D eigenvalue weighted by Gasteiger charge is 2.27. The molecule has 0 aliphatic heterocycles. The van der Waals surface area contributed by atoms with Crippen molar-refractivity contribution in [2.45, 2.75) is 13.8 Å². The normalized spacial score (nSPS) is 10.8. The van der Waals surface area contributed by atoms with Gasteiger partial charge < -0.3 is 14.5 Å². The second kappa shape index (κ2) is 4.42. The Kier molecular flexibility index (Phi) is 3.05. The van der Waals surface area contributed by atoms with Crippen LogP contribution in [0.2, 0.25) is 0 Å². The van der Waals surface area contributed by atoms with Crippen LogP contribution in [0.1, 0.15) is 21.8 Å². The number of rotatable bonds is 3. The molecular weight excluding hydrogens is 248 g/mol. The van der Waals surface area contributed by atoms with E-state index >= 15 is 0 Å². The van der Waals surface area contributed by atoms with Crippen LogP contribution in [-0.4, -0.2) is 40.1 Å². The number of carbonyl (C=O) groups is 1. The van der Waals surface area contributed by atoms with Gasteiger partial charge in [0.05, 0.1) is 11.3 Å². The van der Waals surface area contributed by atoms with Crippen LogP contribution in [0, 0.1) is 13.8 Å². The third-order valence-electron chi connectivity index (χ3n) is 2.93. The third-order valence-corrected chi connectivity index (χ3v) is 2.93. The number of aryl methyl sites for hydroxylation is 3. The van der Waals surface area contributed by atoms with E-state index in [0.29, 0.717) is 17.0 Å². The van der Waals surface area contributed by atoms with Gasteiger partial charge in [-0.25, -0.2) is 4.79 Å². The minimum Gasteiger partial charge on any atom is -0.477 e. The van der Waals surface area contributed by atoms with Crippen molar-refractivity contribution in [1.82, 2.24) is 14.9 Å². The molecule has 0 aliphatic rings. The monoisotopic (exact) mass is 264 g/mol. The fourth-order valence-electron chi connectivity index (χ4n) is 2.23. The number of nitrogens with zero attached hydrogens (tertiary/aromatic N) is 4. The molecule has 0 aromatic carbocycles. The third kappa shape index (κ3) is 1.96. The molecule has 19 heavy (non-hydrogen) atoms. The first-order valence-electron chi connectivity index (χ1n) is 5.75. The Hall–Kier alpha value is -2.31. The first-order chi connectivity index (χ1) is 8.84. The summed E-state index contributed by atoms with van der Waals surface area (Å²) in [5.41, 5.74) is 1.79. The average Bonchev–Trinajstić information content (AvgIpc) is 2.78. The maximum absolute atomic E-state index is 11.3. The van der Waals surface area contributed by atoms with Crippen molar-refractivity contribution < 1.29 is 14.4 Å². The van der Waals surface area contributed by atoms with Crippen molar-refractivity contribution in [3.05, 3.63) is 17.0 Å². The number of carboxylic acids is 1. The van der Waals surface area contributed by atoms with Crippen molar-refractivity contribution in [3.63, 3.8) is 0 Å². The summed E-state index contributed by atoms with van der Waals surface area (Å²) < 4.78 is 6.72. The molecule has 0 saturated heterocycles. The molecule has 2 rings (SSSR count). The Bertz CT molecular complexity index is 640. The Labute approximate surface area is 110 Å². The lowest BCUT2D eigenvalue weighted by Crippen LogP contribution is -2.14. The highest BCUT2D eigenvalue weighted by molar-refractivity contribution is 5.97. The topological polar surface area (TPSA) is 84.4 Å². The van der Waals surface area contributed by atoms with E-state index in [1.54, 1.807) is 18.7 Å². The molecule has 0 unspecified atom stereocenters. The van der Waals surface area contributed by atoms with Crippen LogP contribution in [0.25, 0.3) is 11.3 Å². The summed E-state index contributed by atoms with van der Waals surface area (Å²) in [6, 6.07) is 0. The predicted octanol–water partition coefficient (Wildman–Crippen LogP) is 1.46. The lowest BCUT2D eigenvalue weighted by molar-refractivity contribution is 0.0696. The first-order valence-corrected chi connectivity index (χ1v) is 5.75. The molecule has 0 aliphatic carbocycles.